The number of hydrogen-bond acceptors (Lipinski definition) is 3. The van der Waals surface area contributed by atoms with Crippen molar-refractivity contribution in [1.82, 2.24) is 9.88 Å². The van der Waals surface area contributed by atoms with Crippen molar-refractivity contribution in [2.45, 2.75) is 12.8 Å². The standard InChI is InChI=1S/C18H20ClN3O/c19-16-5-3-4-15(14-16)7-8-18(23)22-12-10-21(11-13-22)17-6-1-2-9-20-17/h1-6,9,14H,7-8,10-13H2. The molecule has 0 unspecified atom stereocenters. The number of amides is 1. The van der Waals surface area contributed by atoms with Crippen LogP contribution in [-0.4, -0.2) is 42.0 Å². The topological polar surface area (TPSA) is 36.4 Å². The second-order valence-corrected chi connectivity index (χ2v) is 6.12. The molecule has 120 valence electrons. The molecule has 1 aromatic heterocycles. The average molecular weight is 330 g/mol. The van der Waals surface area contributed by atoms with Crippen LogP contribution in [0, 0.1) is 0 Å². The van der Waals surface area contributed by atoms with Crippen LogP contribution in [0.3, 0.4) is 0 Å². The molecule has 0 spiro atoms. The van der Waals surface area contributed by atoms with Gasteiger partial charge >= 0.3 is 0 Å². The van der Waals surface area contributed by atoms with Crippen molar-refractivity contribution >= 4 is 23.3 Å². The highest BCUT2D eigenvalue weighted by Gasteiger charge is 2.21. The number of benzene rings is 1. The molecule has 0 radical (unpaired) electrons. The summed E-state index contributed by atoms with van der Waals surface area (Å²) < 4.78 is 0. The van der Waals surface area contributed by atoms with Gasteiger partial charge in [-0.2, -0.15) is 0 Å². The third-order valence-electron chi connectivity index (χ3n) is 4.12. The maximum Gasteiger partial charge on any atom is 0.223 e. The summed E-state index contributed by atoms with van der Waals surface area (Å²) in [5.74, 6) is 1.20. The minimum absolute atomic E-state index is 0.214. The number of rotatable bonds is 4. The number of carbonyl (C=O) groups is 1. The first-order valence-electron chi connectivity index (χ1n) is 7.90. The van der Waals surface area contributed by atoms with Crippen molar-refractivity contribution in [3.63, 3.8) is 0 Å². The van der Waals surface area contributed by atoms with Crippen LogP contribution in [-0.2, 0) is 11.2 Å². The molecule has 1 amide bonds. The predicted octanol–water partition coefficient (Wildman–Crippen LogP) is 3.02. The van der Waals surface area contributed by atoms with E-state index < -0.39 is 0 Å². The summed E-state index contributed by atoms with van der Waals surface area (Å²) in [5.41, 5.74) is 1.11. The average Bonchev–Trinajstić information content (AvgIpc) is 2.61. The Labute approximate surface area is 141 Å². The Bertz CT molecular complexity index is 654. The fraction of sp³-hybridized carbons (Fsp3) is 0.333. The zero-order valence-electron chi connectivity index (χ0n) is 13.0. The molecule has 23 heavy (non-hydrogen) atoms. The van der Waals surface area contributed by atoms with E-state index in [9.17, 15) is 4.79 Å². The molecular weight excluding hydrogens is 310 g/mol. The zero-order valence-corrected chi connectivity index (χ0v) is 13.7. The van der Waals surface area contributed by atoms with E-state index in [1.165, 1.54) is 0 Å². The Hall–Kier alpha value is -2.07. The highest BCUT2D eigenvalue weighted by atomic mass is 35.5. The van der Waals surface area contributed by atoms with E-state index in [0.29, 0.717) is 6.42 Å². The van der Waals surface area contributed by atoms with E-state index in [4.69, 9.17) is 11.6 Å². The van der Waals surface area contributed by atoms with Gasteiger partial charge in [-0.1, -0.05) is 29.8 Å². The van der Waals surface area contributed by atoms with Gasteiger partial charge in [0, 0.05) is 43.8 Å². The molecule has 0 N–H and O–H groups in total. The van der Waals surface area contributed by atoms with Gasteiger partial charge in [0.2, 0.25) is 5.91 Å². The van der Waals surface area contributed by atoms with Gasteiger partial charge in [0.25, 0.3) is 0 Å². The van der Waals surface area contributed by atoms with Crippen LogP contribution < -0.4 is 4.90 Å². The SMILES string of the molecule is O=C(CCc1cccc(Cl)c1)N1CCN(c2ccccn2)CC1. The molecule has 4 nitrogen and oxygen atoms in total. The summed E-state index contributed by atoms with van der Waals surface area (Å²) in [5, 5.41) is 0.721. The Balaban J connectivity index is 1.48. The van der Waals surface area contributed by atoms with Crippen LogP contribution in [0.4, 0.5) is 5.82 Å². The van der Waals surface area contributed by atoms with Gasteiger partial charge in [0.1, 0.15) is 5.82 Å². The van der Waals surface area contributed by atoms with Crippen LogP contribution in [0.2, 0.25) is 5.02 Å². The van der Waals surface area contributed by atoms with Crippen LogP contribution in [0.15, 0.2) is 48.7 Å². The molecule has 5 heteroatoms. The predicted molar refractivity (Wildman–Crippen MR) is 92.8 cm³/mol. The smallest absolute Gasteiger partial charge is 0.223 e. The molecular formula is C18H20ClN3O. The molecule has 1 aliphatic rings. The summed E-state index contributed by atoms with van der Waals surface area (Å²) in [6, 6.07) is 13.6. The van der Waals surface area contributed by atoms with Gasteiger partial charge in [-0.15, -0.1) is 0 Å². The van der Waals surface area contributed by atoms with E-state index in [1.54, 1.807) is 6.20 Å². The lowest BCUT2D eigenvalue weighted by Crippen LogP contribution is -2.49. The van der Waals surface area contributed by atoms with Crippen LogP contribution >= 0.6 is 11.6 Å². The molecule has 1 aliphatic heterocycles. The lowest BCUT2D eigenvalue weighted by Gasteiger charge is -2.35. The molecule has 2 heterocycles. The van der Waals surface area contributed by atoms with Crippen molar-refractivity contribution in [1.29, 1.82) is 0 Å². The Morgan fingerprint density at radius 2 is 1.91 bits per heavy atom. The van der Waals surface area contributed by atoms with Gasteiger partial charge in [0.15, 0.2) is 0 Å². The van der Waals surface area contributed by atoms with Crippen molar-refractivity contribution in [2.24, 2.45) is 0 Å². The largest absolute Gasteiger partial charge is 0.353 e. The van der Waals surface area contributed by atoms with Gasteiger partial charge in [-0.05, 0) is 36.2 Å². The van der Waals surface area contributed by atoms with Crippen LogP contribution in [0.1, 0.15) is 12.0 Å². The summed E-state index contributed by atoms with van der Waals surface area (Å²) >= 11 is 5.98. The number of nitrogens with zero attached hydrogens (tertiary/aromatic N) is 3. The summed E-state index contributed by atoms with van der Waals surface area (Å²) in [7, 11) is 0. The molecule has 2 aromatic rings. The summed E-state index contributed by atoms with van der Waals surface area (Å²) in [6.45, 7) is 3.18. The molecule has 1 fully saturated rings. The molecule has 0 bridgehead atoms. The molecule has 1 aromatic carbocycles. The fourth-order valence-electron chi connectivity index (χ4n) is 2.83. The van der Waals surface area contributed by atoms with Gasteiger partial charge < -0.3 is 9.80 Å². The van der Waals surface area contributed by atoms with E-state index in [1.807, 2.05) is 47.4 Å². The molecule has 0 aliphatic carbocycles. The zero-order chi connectivity index (χ0) is 16.1. The third kappa shape index (κ3) is 4.23. The number of pyridine rings is 1. The minimum Gasteiger partial charge on any atom is -0.353 e. The molecule has 1 saturated heterocycles. The first-order chi connectivity index (χ1) is 11.2. The maximum absolute atomic E-state index is 12.4. The number of aryl methyl sites for hydroxylation is 1. The highest BCUT2D eigenvalue weighted by Crippen LogP contribution is 2.15. The van der Waals surface area contributed by atoms with Crippen LogP contribution in [0.5, 0.6) is 0 Å². The number of carbonyl (C=O) groups excluding carboxylic acids is 1. The van der Waals surface area contributed by atoms with Crippen molar-refractivity contribution in [3.8, 4) is 0 Å². The fourth-order valence-corrected chi connectivity index (χ4v) is 3.04. The van der Waals surface area contributed by atoms with Crippen LogP contribution in [0.25, 0.3) is 0 Å². The van der Waals surface area contributed by atoms with E-state index in [0.717, 1.165) is 49.0 Å². The third-order valence-corrected chi connectivity index (χ3v) is 4.36. The van der Waals surface area contributed by atoms with Gasteiger partial charge in [0.05, 0.1) is 0 Å². The van der Waals surface area contributed by atoms with Gasteiger partial charge in [-0.25, -0.2) is 4.98 Å². The summed E-state index contributed by atoms with van der Waals surface area (Å²) in [4.78, 5) is 20.9. The molecule has 0 atom stereocenters. The second kappa shape index (κ2) is 7.47. The monoisotopic (exact) mass is 329 g/mol. The van der Waals surface area contributed by atoms with Crippen molar-refractivity contribution in [2.75, 3.05) is 31.1 Å². The van der Waals surface area contributed by atoms with Crippen molar-refractivity contribution in [3.05, 3.63) is 59.2 Å². The number of piperazine rings is 1. The molecule has 3 rings (SSSR count). The normalized spacial score (nSPS) is 14.8. The van der Waals surface area contributed by atoms with Crippen molar-refractivity contribution < 1.29 is 4.79 Å². The van der Waals surface area contributed by atoms with E-state index in [-0.39, 0.29) is 5.91 Å². The number of hydrogen-bond donors (Lipinski definition) is 0. The first-order valence-corrected chi connectivity index (χ1v) is 8.28. The highest BCUT2D eigenvalue weighted by molar-refractivity contribution is 6.30. The van der Waals surface area contributed by atoms with E-state index >= 15 is 0 Å². The Kier molecular flexibility index (Phi) is 5.13. The quantitative estimate of drug-likeness (QED) is 0.865. The lowest BCUT2D eigenvalue weighted by atomic mass is 10.1. The minimum atomic E-state index is 0.214. The van der Waals surface area contributed by atoms with E-state index in [2.05, 4.69) is 9.88 Å². The van der Waals surface area contributed by atoms with Gasteiger partial charge in [-0.3, -0.25) is 4.79 Å². The molecule has 0 saturated carbocycles. The second-order valence-electron chi connectivity index (χ2n) is 5.69. The first kappa shape index (κ1) is 15.8. The Morgan fingerprint density at radius 3 is 2.61 bits per heavy atom. The number of halogens is 1. The number of aromatic nitrogens is 1. The lowest BCUT2D eigenvalue weighted by molar-refractivity contribution is -0.131. The number of anilines is 1. The Morgan fingerprint density at radius 1 is 1.09 bits per heavy atom. The maximum atomic E-state index is 12.4. The summed E-state index contributed by atoms with van der Waals surface area (Å²) in [6.07, 6.45) is 3.07.